The molecule has 0 atom stereocenters. The maximum absolute atomic E-state index is 12.6. The number of hydrogen-bond acceptors (Lipinski definition) is 7. The Labute approximate surface area is 202 Å². The van der Waals surface area contributed by atoms with Crippen LogP contribution >= 0.6 is 0 Å². The van der Waals surface area contributed by atoms with Crippen LogP contribution in [0.15, 0.2) is 60.7 Å². The summed E-state index contributed by atoms with van der Waals surface area (Å²) >= 11 is 0. The van der Waals surface area contributed by atoms with Crippen molar-refractivity contribution in [1.82, 2.24) is 9.97 Å². The summed E-state index contributed by atoms with van der Waals surface area (Å²) < 4.78 is 5.14. The van der Waals surface area contributed by atoms with Crippen LogP contribution in [0.2, 0.25) is 0 Å². The fraction of sp³-hybridized carbons (Fsp3) is 0.154. The molecule has 0 unspecified atom stereocenters. The lowest BCUT2D eigenvalue weighted by Gasteiger charge is -2.14. The zero-order valence-corrected chi connectivity index (χ0v) is 19.7. The number of nitrogens with one attached hydrogen (secondary N) is 3. The van der Waals surface area contributed by atoms with Gasteiger partial charge >= 0.3 is 0 Å². The number of benzene rings is 3. The van der Waals surface area contributed by atoms with Crippen molar-refractivity contribution in [2.75, 3.05) is 30.1 Å². The molecule has 5 N–H and O–H groups in total. The van der Waals surface area contributed by atoms with Gasteiger partial charge in [-0.25, -0.2) is 9.97 Å². The summed E-state index contributed by atoms with van der Waals surface area (Å²) in [6.07, 6.45) is 0. The van der Waals surface area contributed by atoms with Gasteiger partial charge in [0.05, 0.1) is 18.2 Å². The van der Waals surface area contributed by atoms with Crippen molar-refractivity contribution in [3.63, 3.8) is 0 Å². The SMILES string of the molecule is CNc1cc(C(N)=O)c2nc(C)nc(NCc3cccc(NC(=O)c4ccc(OC)cc4)c3)c2c1. The molecule has 0 spiro atoms. The van der Waals surface area contributed by atoms with E-state index in [1.165, 1.54) is 0 Å². The number of carbonyl (C=O) groups is 2. The lowest BCUT2D eigenvalue weighted by molar-refractivity contribution is 0.0999. The van der Waals surface area contributed by atoms with Crippen molar-refractivity contribution in [2.24, 2.45) is 5.73 Å². The first-order valence-corrected chi connectivity index (χ1v) is 11.0. The summed E-state index contributed by atoms with van der Waals surface area (Å²) in [5.74, 6) is 1.01. The van der Waals surface area contributed by atoms with Crippen LogP contribution in [0.25, 0.3) is 10.9 Å². The van der Waals surface area contributed by atoms with Crippen LogP contribution < -0.4 is 26.4 Å². The van der Waals surface area contributed by atoms with Gasteiger partial charge in [0, 0.05) is 35.9 Å². The standard InChI is InChI=1S/C26H26N6O3/c1-15-30-23-21(24(27)33)12-19(28-2)13-22(23)25(31-15)29-14-16-5-4-6-18(11-16)32-26(34)17-7-9-20(35-3)10-8-17/h4-13,28H,14H2,1-3H3,(H2,27,33)(H,32,34)(H,29,30,31). The normalized spacial score (nSPS) is 10.6. The van der Waals surface area contributed by atoms with E-state index >= 15 is 0 Å². The van der Waals surface area contributed by atoms with E-state index in [9.17, 15) is 9.59 Å². The number of aryl methyl sites for hydroxylation is 1. The summed E-state index contributed by atoms with van der Waals surface area (Å²) in [5, 5.41) is 9.96. The molecular formula is C26H26N6O3. The number of primary amides is 1. The number of hydrogen-bond donors (Lipinski definition) is 4. The third-order valence-corrected chi connectivity index (χ3v) is 5.46. The molecule has 4 rings (SSSR count). The minimum atomic E-state index is -0.559. The Kier molecular flexibility index (Phi) is 6.77. The van der Waals surface area contributed by atoms with Crippen LogP contribution in [0.3, 0.4) is 0 Å². The summed E-state index contributed by atoms with van der Waals surface area (Å²) in [4.78, 5) is 33.6. The minimum absolute atomic E-state index is 0.214. The van der Waals surface area contributed by atoms with Gasteiger partial charge in [0.1, 0.15) is 17.4 Å². The summed E-state index contributed by atoms with van der Waals surface area (Å²) in [6.45, 7) is 2.20. The van der Waals surface area contributed by atoms with E-state index in [4.69, 9.17) is 10.5 Å². The number of rotatable bonds is 8. The van der Waals surface area contributed by atoms with Gasteiger partial charge in [-0.15, -0.1) is 0 Å². The molecular weight excluding hydrogens is 444 g/mol. The van der Waals surface area contributed by atoms with E-state index < -0.39 is 5.91 Å². The van der Waals surface area contributed by atoms with Crippen molar-refractivity contribution in [1.29, 1.82) is 0 Å². The van der Waals surface area contributed by atoms with Gasteiger partial charge in [-0.05, 0) is 61.0 Å². The Balaban J connectivity index is 1.55. The molecule has 2 amide bonds. The summed E-state index contributed by atoms with van der Waals surface area (Å²) in [6, 6.07) is 18.0. The number of aromatic nitrogens is 2. The second kappa shape index (κ2) is 10.1. The first kappa shape index (κ1) is 23.5. The van der Waals surface area contributed by atoms with E-state index in [1.807, 2.05) is 30.3 Å². The van der Waals surface area contributed by atoms with Gasteiger partial charge in [-0.1, -0.05) is 12.1 Å². The van der Waals surface area contributed by atoms with E-state index in [0.717, 1.165) is 11.3 Å². The zero-order valence-electron chi connectivity index (χ0n) is 19.7. The summed E-state index contributed by atoms with van der Waals surface area (Å²) in [7, 11) is 3.34. The van der Waals surface area contributed by atoms with E-state index in [0.29, 0.717) is 51.7 Å². The topological polar surface area (TPSA) is 131 Å². The molecule has 0 radical (unpaired) electrons. The molecule has 1 heterocycles. The van der Waals surface area contributed by atoms with Crippen molar-refractivity contribution in [3.05, 3.63) is 83.2 Å². The summed E-state index contributed by atoms with van der Waals surface area (Å²) in [5.41, 5.74) is 9.27. The van der Waals surface area contributed by atoms with Crippen molar-refractivity contribution in [2.45, 2.75) is 13.5 Å². The smallest absolute Gasteiger partial charge is 0.255 e. The maximum atomic E-state index is 12.6. The van der Waals surface area contributed by atoms with Crippen LogP contribution in [0.1, 0.15) is 32.1 Å². The molecule has 0 bridgehead atoms. The second-order valence-electron chi connectivity index (χ2n) is 7.89. The number of nitrogens with zero attached hydrogens (tertiary/aromatic N) is 2. The highest BCUT2D eigenvalue weighted by molar-refractivity contribution is 6.08. The Morgan fingerprint density at radius 2 is 1.77 bits per heavy atom. The Morgan fingerprint density at radius 1 is 1.00 bits per heavy atom. The third-order valence-electron chi connectivity index (χ3n) is 5.46. The molecule has 9 nitrogen and oxygen atoms in total. The molecule has 35 heavy (non-hydrogen) atoms. The molecule has 178 valence electrons. The zero-order chi connectivity index (χ0) is 24.9. The van der Waals surface area contributed by atoms with Gasteiger partial charge in [0.2, 0.25) is 0 Å². The number of methoxy groups -OCH3 is 1. The molecule has 0 fully saturated rings. The third kappa shape index (κ3) is 5.30. The Hall–Kier alpha value is -4.66. The number of amides is 2. The van der Waals surface area contributed by atoms with Crippen LogP contribution in [0.5, 0.6) is 5.75 Å². The van der Waals surface area contributed by atoms with Crippen LogP contribution in [0, 0.1) is 6.92 Å². The first-order valence-electron chi connectivity index (χ1n) is 11.0. The average Bonchev–Trinajstić information content (AvgIpc) is 2.86. The lowest BCUT2D eigenvalue weighted by Crippen LogP contribution is -2.14. The molecule has 0 aliphatic carbocycles. The fourth-order valence-electron chi connectivity index (χ4n) is 3.70. The Bertz CT molecular complexity index is 1400. The monoisotopic (exact) mass is 470 g/mol. The van der Waals surface area contributed by atoms with Crippen LogP contribution in [0.4, 0.5) is 17.2 Å². The molecule has 0 saturated carbocycles. The van der Waals surface area contributed by atoms with E-state index in [2.05, 4.69) is 25.9 Å². The van der Waals surface area contributed by atoms with Crippen molar-refractivity contribution in [3.8, 4) is 5.75 Å². The second-order valence-corrected chi connectivity index (χ2v) is 7.89. The van der Waals surface area contributed by atoms with Gasteiger partial charge in [-0.2, -0.15) is 0 Å². The molecule has 0 aliphatic heterocycles. The largest absolute Gasteiger partial charge is 0.497 e. The van der Waals surface area contributed by atoms with E-state index in [-0.39, 0.29) is 5.91 Å². The highest BCUT2D eigenvalue weighted by Gasteiger charge is 2.15. The highest BCUT2D eigenvalue weighted by atomic mass is 16.5. The number of ether oxygens (including phenoxy) is 1. The van der Waals surface area contributed by atoms with E-state index in [1.54, 1.807) is 51.4 Å². The number of fused-ring (bicyclic) bond motifs is 1. The number of nitrogens with two attached hydrogens (primary N) is 1. The van der Waals surface area contributed by atoms with Gasteiger partial charge in [0.25, 0.3) is 11.8 Å². The van der Waals surface area contributed by atoms with Gasteiger partial charge in [-0.3, -0.25) is 9.59 Å². The minimum Gasteiger partial charge on any atom is -0.497 e. The first-order chi connectivity index (χ1) is 16.9. The number of carbonyl (C=O) groups excluding carboxylic acids is 2. The van der Waals surface area contributed by atoms with Crippen molar-refractivity contribution >= 4 is 39.9 Å². The highest BCUT2D eigenvalue weighted by Crippen LogP contribution is 2.28. The van der Waals surface area contributed by atoms with Crippen molar-refractivity contribution < 1.29 is 14.3 Å². The molecule has 3 aromatic carbocycles. The van der Waals surface area contributed by atoms with Gasteiger partial charge < -0.3 is 26.4 Å². The molecule has 1 aromatic heterocycles. The maximum Gasteiger partial charge on any atom is 0.255 e. The quantitative estimate of drug-likeness (QED) is 0.307. The molecule has 0 saturated heterocycles. The average molecular weight is 471 g/mol. The molecule has 0 aliphatic rings. The van der Waals surface area contributed by atoms with Crippen LogP contribution in [-0.4, -0.2) is 35.9 Å². The lowest BCUT2D eigenvalue weighted by atomic mass is 10.1. The number of anilines is 3. The van der Waals surface area contributed by atoms with Gasteiger partial charge in [0.15, 0.2) is 0 Å². The van der Waals surface area contributed by atoms with Crippen LogP contribution in [-0.2, 0) is 6.54 Å². The molecule has 4 aromatic rings. The predicted molar refractivity (Wildman–Crippen MR) is 137 cm³/mol. The Morgan fingerprint density at radius 3 is 2.46 bits per heavy atom. The molecule has 9 heteroatoms. The fourth-order valence-corrected chi connectivity index (χ4v) is 3.70. The predicted octanol–water partition coefficient (Wildman–Crippen LogP) is 3.95.